The number of rotatable bonds is 8. The second kappa shape index (κ2) is 10.8. The number of aromatic nitrogens is 1. The molecule has 0 spiro atoms. The maximum absolute atomic E-state index is 12.0. The molecular weight excluding hydrogens is 304 g/mol. The van der Waals surface area contributed by atoms with Crippen molar-refractivity contribution < 1.29 is 9.59 Å². The van der Waals surface area contributed by atoms with Crippen molar-refractivity contribution in [3.8, 4) is 0 Å². The number of hydrogen-bond acceptors (Lipinski definition) is 4. The summed E-state index contributed by atoms with van der Waals surface area (Å²) < 4.78 is 0. The van der Waals surface area contributed by atoms with E-state index >= 15 is 0 Å². The number of nitrogen functional groups attached to an aromatic ring is 1. The van der Waals surface area contributed by atoms with E-state index in [2.05, 4.69) is 10.3 Å². The molecule has 0 aliphatic heterocycles. The SMILES string of the molecule is CCCN(CCC)C(=O)CCC(=O)Nc1ccc(N)nc1.Cl. The molecule has 6 nitrogen and oxygen atoms in total. The summed E-state index contributed by atoms with van der Waals surface area (Å²) in [5, 5.41) is 2.70. The highest BCUT2D eigenvalue weighted by molar-refractivity contribution is 5.93. The number of carbonyl (C=O) groups excluding carboxylic acids is 2. The minimum absolute atomic E-state index is 0. The van der Waals surface area contributed by atoms with E-state index in [1.807, 2.05) is 18.7 Å². The van der Waals surface area contributed by atoms with Gasteiger partial charge in [0.1, 0.15) is 5.82 Å². The van der Waals surface area contributed by atoms with E-state index in [1.165, 1.54) is 6.20 Å². The average molecular weight is 329 g/mol. The number of carbonyl (C=O) groups is 2. The van der Waals surface area contributed by atoms with Gasteiger partial charge in [-0.15, -0.1) is 12.4 Å². The van der Waals surface area contributed by atoms with Crippen LogP contribution in [0.15, 0.2) is 18.3 Å². The molecule has 0 atom stereocenters. The number of amides is 2. The molecule has 0 radical (unpaired) electrons. The van der Waals surface area contributed by atoms with Gasteiger partial charge in [0.15, 0.2) is 0 Å². The number of nitrogens with two attached hydrogens (primary N) is 1. The van der Waals surface area contributed by atoms with Crippen molar-refractivity contribution in [2.45, 2.75) is 39.5 Å². The lowest BCUT2D eigenvalue weighted by atomic mass is 10.2. The molecule has 3 N–H and O–H groups in total. The fourth-order valence-corrected chi connectivity index (χ4v) is 1.98. The van der Waals surface area contributed by atoms with E-state index in [0.29, 0.717) is 11.5 Å². The molecule has 0 aliphatic carbocycles. The van der Waals surface area contributed by atoms with Gasteiger partial charge < -0.3 is 16.0 Å². The first-order valence-electron chi connectivity index (χ1n) is 7.36. The minimum Gasteiger partial charge on any atom is -0.384 e. The molecule has 1 aromatic rings. The Morgan fingerprint density at radius 3 is 2.32 bits per heavy atom. The lowest BCUT2D eigenvalue weighted by Gasteiger charge is -2.21. The summed E-state index contributed by atoms with van der Waals surface area (Å²) in [7, 11) is 0. The van der Waals surface area contributed by atoms with Crippen molar-refractivity contribution >= 4 is 35.7 Å². The van der Waals surface area contributed by atoms with Gasteiger partial charge >= 0.3 is 0 Å². The Bertz CT molecular complexity index is 459. The van der Waals surface area contributed by atoms with Crippen LogP contribution in [0.2, 0.25) is 0 Å². The molecule has 0 aromatic carbocycles. The Hall–Kier alpha value is -1.82. The lowest BCUT2D eigenvalue weighted by molar-refractivity contribution is -0.132. The highest BCUT2D eigenvalue weighted by Crippen LogP contribution is 2.08. The van der Waals surface area contributed by atoms with Crippen molar-refractivity contribution in [3.05, 3.63) is 18.3 Å². The van der Waals surface area contributed by atoms with Crippen molar-refractivity contribution in [1.82, 2.24) is 9.88 Å². The number of pyridine rings is 1. The molecule has 0 fully saturated rings. The first-order valence-corrected chi connectivity index (χ1v) is 7.36. The summed E-state index contributed by atoms with van der Waals surface area (Å²) in [6.45, 7) is 5.57. The van der Waals surface area contributed by atoms with Crippen LogP contribution in [0, 0.1) is 0 Å². The Balaban J connectivity index is 0.00000441. The van der Waals surface area contributed by atoms with Crippen molar-refractivity contribution in [3.63, 3.8) is 0 Å². The molecule has 0 saturated heterocycles. The van der Waals surface area contributed by atoms with E-state index in [1.54, 1.807) is 12.1 Å². The molecule has 2 amide bonds. The Labute approximate surface area is 137 Å². The maximum atomic E-state index is 12.0. The van der Waals surface area contributed by atoms with Crippen molar-refractivity contribution in [2.24, 2.45) is 0 Å². The van der Waals surface area contributed by atoms with E-state index in [-0.39, 0.29) is 37.1 Å². The van der Waals surface area contributed by atoms with Gasteiger partial charge in [-0.25, -0.2) is 4.98 Å². The van der Waals surface area contributed by atoms with Gasteiger partial charge in [-0.05, 0) is 25.0 Å². The lowest BCUT2D eigenvalue weighted by Crippen LogP contribution is -2.33. The van der Waals surface area contributed by atoms with Crippen LogP contribution in [0.3, 0.4) is 0 Å². The number of nitrogens with one attached hydrogen (secondary N) is 1. The van der Waals surface area contributed by atoms with E-state index in [9.17, 15) is 9.59 Å². The van der Waals surface area contributed by atoms with Crippen molar-refractivity contribution in [2.75, 3.05) is 24.1 Å². The van der Waals surface area contributed by atoms with Crippen LogP contribution >= 0.6 is 12.4 Å². The van der Waals surface area contributed by atoms with Crippen LogP contribution in [0.4, 0.5) is 11.5 Å². The molecule has 1 aromatic heterocycles. The standard InChI is InChI=1S/C15H24N4O2.ClH/c1-3-9-19(10-4-2)15(21)8-7-14(20)18-12-5-6-13(16)17-11-12;/h5-6,11H,3-4,7-10H2,1-2H3,(H2,16,17)(H,18,20);1H. The fourth-order valence-electron chi connectivity index (χ4n) is 1.98. The number of halogens is 1. The normalized spacial score (nSPS) is 9.73. The van der Waals surface area contributed by atoms with Crippen LogP contribution in [-0.2, 0) is 9.59 Å². The zero-order valence-corrected chi connectivity index (χ0v) is 14.0. The quantitative estimate of drug-likeness (QED) is 0.767. The molecule has 1 rings (SSSR count). The van der Waals surface area contributed by atoms with Crippen LogP contribution in [0.1, 0.15) is 39.5 Å². The van der Waals surface area contributed by atoms with Crippen LogP contribution < -0.4 is 11.1 Å². The molecule has 7 heteroatoms. The highest BCUT2D eigenvalue weighted by atomic mass is 35.5. The molecule has 124 valence electrons. The van der Waals surface area contributed by atoms with E-state index < -0.39 is 0 Å². The Morgan fingerprint density at radius 2 is 1.82 bits per heavy atom. The van der Waals surface area contributed by atoms with Crippen LogP contribution in [0.25, 0.3) is 0 Å². The van der Waals surface area contributed by atoms with Gasteiger partial charge in [0, 0.05) is 25.9 Å². The summed E-state index contributed by atoms with van der Waals surface area (Å²) >= 11 is 0. The summed E-state index contributed by atoms with van der Waals surface area (Å²) in [5.41, 5.74) is 6.06. The predicted octanol–water partition coefficient (Wildman–Crippen LogP) is 2.45. The monoisotopic (exact) mass is 328 g/mol. The topological polar surface area (TPSA) is 88.3 Å². The largest absolute Gasteiger partial charge is 0.384 e. The van der Waals surface area contributed by atoms with Crippen LogP contribution in [-0.4, -0.2) is 34.8 Å². The maximum Gasteiger partial charge on any atom is 0.224 e. The van der Waals surface area contributed by atoms with Gasteiger partial charge in [0.2, 0.25) is 11.8 Å². The third-order valence-corrected chi connectivity index (χ3v) is 2.98. The summed E-state index contributed by atoms with van der Waals surface area (Å²) in [5.74, 6) is 0.241. The average Bonchev–Trinajstić information content (AvgIpc) is 2.47. The number of hydrogen-bond donors (Lipinski definition) is 2. The zero-order chi connectivity index (χ0) is 15.7. The van der Waals surface area contributed by atoms with Gasteiger partial charge in [0.25, 0.3) is 0 Å². The minimum atomic E-state index is -0.192. The molecule has 1 heterocycles. The predicted molar refractivity (Wildman–Crippen MR) is 90.9 cm³/mol. The second-order valence-corrected chi connectivity index (χ2v) is 4.90. The molecule has 22 heavy (non-hydrogen) atoms. The Kier molecular flexibility index (Phi) is 9.95. The summed E-state index contributed by atoms with van der Waals surface area (Å²) in [4.78, 5) is 29.6. The van der Waals surface area contributed by atoms with Gasteiger partial charge in [0.05, 0.1) is 11.9 Å². The van der Waals surface area contributed by atoms with E-state index in [0.717, 1.165) is 25.9 Å². The van der Waals surface area contributed by atoms with Crippen LogP contribution in [0.5, 0.6) is 0 Å². The van der Waals surface area contributed by atoms with Gasteiger partial charge in [-0.2, -0.15) is 0 Å². The summed E-state index contributed by atoms with van der Waals surface area (Å²) in [6, 6.07) is 3.30. The molecular formula is C15H25ClN4O2. The first kappa shape index (κ1) is 20.2. The highest BCUT2D eigenvalue weighted by Gasteiger charge is 2.13. The van der Waals surface area contributed by atoms with Gasteiger partial charge in [-0.3, -0.25) is 9.59 Å². The zero-order valence-electron chi connectivity index (χ0n) is 13.2. The first-order chi connectivity index (χ1) is 10.1. The smallest absolute Gasteiger partial charge is 0.224 e. The van der Waals surface area contributed by atoms with E-state index in [4.69, 9.17) is 5.73 Å². The molecule has 0 bridgehead atoms. The van der Waals surface area contributed by atoms with Crippen molar-refractivity contribution in [1.29, 1.82) is 0 Å². The second-order valence-electron chi connectivity index (χ2n) is 4.90. The number of nitrogens with zero attached hydrogens (tertiary/aromatic N) is 2. The fraction of sp³-hybridized carbons (Fsp3) is 0.533. The van der Waals surface area contributed by atoms with Gasteiger partial charge in [-0.1, -0.05) is 13.8 Å². The summed E-state index contributed by atoms with van der Waals surface area (Å²) in [6.07, 6.45) is 3.75. The Morgan fingerprint density at radius 1 is 1.18 bits per heavy atom. The molecule has 0 unspecified atom stereocenters. The third-order valence-electron chi connectivity index (χ3n) is 2.98. The molecule has 0 saturated carbocycles. The third kappa shape index (κ3) is 7.26. The molecule has 0 aliphatic rings. The number of anilines is 2.